The minimum Gasteiger partial charge on any atom is -0.288 e. The van der Waals surface area contributed by atoms with Crippen molar-refractivity contribution in [3.8, 4) is 0 Å². The number of likely N-dealkylation sites (N-methyl/N-ethyl adjacent to an activating group) is 2. The number of benzene rings is 1. The van der Waals surface area contributed by atoms with Crippen LogP contribution in [0.4, 0.5) is 0 Å². The number of nitrogens with zero attached hydrogens (tertiary/aromatic N) is 2. The molecule has 0 aromatic heterocycles. The Bertz CT molecular complexity index is 633. The lowest BCUT2D eigenvalue weighted by atomic mass is 10.1. The molecular formula is C16H16N2O2S. The molecule has 2 rings (SSSR count). The molecule has 1 saturated heterocycles. The lowest BCUT2D eigenvalue weighted by Gasteiger charge is -2.31. The van der Waals surface area contributed by atoms with E-state index in [1.54, 1.807) is 20.2 Å². The van der Waals surface area contributed by atoms with Crippen LogP contribution in [-0.2, 0) is 9.59 Å². The fourth-order valence-electron chi connectivity index (χ4n) is 1.93. The van der Waals surface area contributed by atoms with Crippen molar-refractivity contribution in [2.45, 2.75) is 6.92 Å². The summed E-state index contributed by atoms with van der Waals surface area (Å²) in [6.45, 7) is 2.02. The fourth-order valence-corrected chi connectivity index (χ4v) is 2.09. The Labute approximate surface area is 129 Å². The molecule has 0 bridgehead atoms. The van der Waals surface area contributed by atoms with Crippen molar-refractivity contribution < 1.29 is 9.59 Å². The van der Waals surface area contributed by atoms with Crippen molar-refractivity contribution in [2.24, 2.45) is 0 Å². The van der Waals surface area contributed by atoms with Gasteiger partial charge in [-0.15, -0.1) is 0 Å². The van der Waals surface area contributed by atoms with Crippen LogP contribution in [0, 0.1) is 6.92 Å². The molecule has 5 heteroatoms. The van der Waals surface area contributed by atoms with Crippen LogP contribution in [0.1, 0.15) is 11.1 Å². The van der Waals surface area contributed by atoms with Crippen LogP contribution in [0.2, 0.25) is 0 Å². The zero-order valence-electron chi connectivity index (χ0n) is 12.2. The fraction of sp³-hybridized carbons (Fsp3) is 0.188. The Morgan fingerprint density at radius 3 is 2.05 bits per heavy atom. The van der Waals surface area contributed by atoms with Gasteiger partial charge in [-0.05, 0) is 30.8 Å². The maximum absolute atomic E-state index is 12.1. The van der Waals surface area contributed by atoms with Crippen LogP contribution < -0.4 is 0 Å². The summed E-state index contributed by atoms with van der Waals surface area (Å²) in [5.74, 6) is -0.756. The highest BCUT2D eigenvalue weighted by atomic mass is 32.1. The molecule has 0 unspecified atom stereocenters. The van der Waals surface area contributed by atoms with Gasteiger partial charge in [0, 0.05) is 14.1 Å². The third kappa shape index (κ3) is 3.08. The summed E-state index contributed by atoms with van der Waals surface area (Å²) in [5.41, 5.74) is 2.29. The van der Waals surface area contributed by atoms with E-state index in [4.69, 9.17) is 12.2 Å². The first-order chi connectivity index (χ1) is 9.91. The molecule has 1 heterocycles. The normalized spacial score (nSPS) is 16.1. The molecule has 0 aliphatic carbocycles. The number of thiocarbonyl (C=S) groups is 1. The molecule has 1 fully saturated rings. The van der Waals surface area contributed by atoms with Crippen LogP contribution in [0.3, 0.4) is 0 Å². The Balaban J connectivity index is 2.23. The average molecular weight is 300 g/mol. The van der Waals surface area contributed by atoms with E-state index >= 15 is 0 Å². The SMILES string of the molecule is Cc1ccc(/C=C/C=C2C(=O)N(C)C(=S)N(C)C2=O)cc1. The summed E-state index contributed by atoms with van der Waals surface area (Å²) in [6.07, 6.45) is 5.07. The maximum Gasteiger partial charge on any atom is 0.265 e. The van der Waals surface area contributed by atoms with Gasteiger partial charge in [0.25, 0.3) is 11.8 Å². The first-order valence-corrected chi connectivity index (χ1v) is 6.87. The number of hydrogen-bond donors (Lipinski definition) is 0. The smallest absolute Gasteiger partial charge is 0.265 e. The molecule has 108 valence electrons. The van der Waals surface area contributed by atoms with Crippen molar-refractivity contribution >= 4 is 35.2 Å². The zero-order valence-corrected chi connectivity index (χ0v) is 13.0. The summed E-state index contributed by atoms with van der Waals surface area (Å²) in [5, 5.41) is 0.213. The Hall–Kier alpha value is -2.27. The molecule has 0 spiro atoms. The van der Waals surface area contributed by atoms with E-state index in [1.165, 1.54) is 21.4 Å². The largest absolute Gasteiger partial charge is 0.288 e. The van der Waals surface area contributed by atoms with Crippen molar-refractivity contribution in [1.29, 1.82) is 0 Å². The lowest BCUT2D eigenvalue weighted by molar-refractivity contribution is -0.132. The molecule has 0 N–H and O–H groups in total. The second kappa shape index (κ2) is 6.01. The van der Waals surface area contributed by atoms with Crippen LogP contribution in [0.15, 0.2) is 42.0 Å². The van der Waals surface area contributed by atoms with E-state index in [-0.39, 0.29) is 22.5 Å². The molecule has 21 heavy (non-hydrogen) atoms. The quantitative estimate of drug-likeness (QED) is 0.477. The minimum absolute atomic E-state index is 0.108. The van der Waals surface area contributed by atoms with Gasteiger partial charge in [-0.1, -0.05) is 42.0 Å². The maximum atomic E-state index is 12.1. The summed E-state index contributed by atoms with van der Waals surface area (Å²) >= 11 is 5.02. The van der Waals surface area contributed by atoms with E-state index in [1.807, 2.05) is 37.3 Å². The zero-order chi connectivity index (χ0) is 15.6. The van der Waals surface area contributed by atoms with Gasteiger partial charge in [-0.2, -0.15) is 0 Å². The van der Waals surface area contributed by atoms with Crippen molar-refractivity contribution in [3.63, 3.8) is 0 Å². The van der Waals surface area contributed by atoms with Gasteiger partial charge < -0.3 is 0 Å². The first-order valence-electron chi connectivity index (χ1n) is 6.47. The predicted octanol–water partition coefficient (Wildman–Crippen LogP) is 2.15. The highest BCUT2D eigenvalue weighted by molar-refractivity contribution is 7.80. The Morgan fingerprint density at radius 2 is 1.52 bits per heavy atom. The second-order valence-electron chi connectivity index (χ2n) is 4.86. The van der Waals surface area contributed by atoms with Gasteiger partial charge in [-0.3, -0.25) is 19.4 Å². The molecule has 2 amide bonds. The Morgan fingerprint density at radius 1 is 1.00 bits per heavy atom. The number of amides is 2. The summed E-state index contributed by atoms with van der Waals surface area (Å²) in [7, 11) is 3.12. The molecule has 1 aromatic carbocycles. The van der Waals surface area contributed by atoms with Crippen LogP contribution in [0.5, 0.6) is 0 Å². The van der Waals surface area contributed by atoms with Crippen molar-refractivity contribution in [1.82, 2.24) is 9.80 Å². The molecule has 1 aliphatic rings. The van der Waals surface area contributed by atoms with E-state index in [0.29, 0.717) is 0 Å². The van der Waals surface area contributed by atoms with Gasteiger partial charge in [0.05, 0.1) is 0 Å². The number of hydrogen-bond acceptors (Lipinski definition) is 3. The molecule has 0 radical (unpaired) electrons. The molecule has 4 nitrogen and oxygen atoms in total. The highest BCUT2D eigenvalue weighted by Gasteiger charge is 2.34. The molecule has 1 aromatic rings. The third-order valence-electron chi connectivity index (χ3n) is 3.27. The number of rotatable bonds is 2. The summed E-state index contributed by atoms with van der Waals surface area (Å²) in [4.78, 5) is 26.7. The van der Waals surface area contributed by atoms with Gasteiger partial charge >= 0.3 is 0 Å². The predicted molar refractivity (Wildman–Crippen MR) is 86.4 cm³/mol. The first kappa shape index (κ1) is 15.1. The number of aryl methyl sites for hydroxylation is 1. The molecule has 0 saturated carbocycles. The third-order valence-corrected chi connectivity index (χ3v) is 3.82. The number of allylic oxidation sites excluding steroid dienone is 2. The molecule has 0 atom stereocenters. The summed E-state index contributed by atoms with van der Waals surface area (Å²) in [6, 6.07) is 7.96. The van der Waals surface area contributed by atoms with Crippen molar-refractivity contribution in [3.05, 3.63) is 53.1 Å². The second-order valence-corrected chi connectivity index (χ2v) is 5.23. The van der Waals surface area contributed by atoms with Crippen LogP contribution >= 0.6 is 12.2 Å². The standard InChI is InChI=1S/C16H16N2O2S/c1-11-7-9-12(10-8-11)5-4-6-13-14(19)17(2)16(21)18(3)15(13)20/h4-10H,1-3H3/b5-4+. The van der Waals surface area contributed by atoms with E-state index in [9.17, 15) is 9.59 Å². The van der Waals surface area contributed by atoms with Gasteiger partial charge in [0.2, 0.25) is 0 Å². The van der Waals surface area contributed by atoms with Crippen LogP contribution in [0.25, 0.3) is 6.08 Å². The Kier molecular flexibility index (Phi) is 4.33. The van der Waals surface area contributed by atoms with E-state index in [0.717, 1.165) is 5.56 Å². The molecule has 1 aliphatic heterocycles. The van der Waals surface area contributed by atoms with Gasteiger partial charge in [-0.25, -0.2) is 0 Å². The highest BCUT2D eigenvalue weighted by Crippen LogP contribution is 2.15. The summed E-state index contributed by atoms with van der Waals surface area (Å²) < 4.78 is 0. The lowest BCUT2D eigenvalue weighted by Crippen LogP contribution is -2.52. The van der Waals surface area contributed by atoms with Gasteiger partial charge in [0.15, 0.2) is 5.11 Å². The minimum atomic E-state index is -0.378. The average Bonchev–Trinajstić information content (AvgIpc) is 2.48. The monoisotopic (exact) mass is 300 g/mol. The van der Waals surface area contributed by atoms with E-state index in [2.05, 4.69) is 0 Å². The number of carbonyl (C=O) groups is 2. The van der Waals surface area contributed by atoms with Crippen LogP contribution in [-0.4, -0.2) is 40.8 Å². The number of carbonyl (C=O) groups excluding carboxylic acids is 2. The van der Waals surface area contributed by atoms with Crippen molar-refractivity contribution in [2.75, 3.05) is 14.1 Å². The molecular weight excluding hydrogens is 284 g/mol. The van der Waals surface area contributed by atoms with Gasteiger partial charge in [0.1, 0.15) is 5.57 Å². The van der Waals surface area contributed by atoms with E-state index < -0.39 is 0 Å². The topological polar surface area (TPSA) is 40.6 Å².